The Morgan fingerprint density at radius 3 is 2.41 bits per heavy atom. The van der Waals surface area contributed by atoms with Crippen LogP contribution in [0.15, 0.2) is 103 Å². The largest absolute Gasteiger partial charge is 0.462 e. The van der Waals surface area contributed by atoms with E-state index in [1.807, 2.05) is 47.4 Å². The molecule has 0 heterocycles. The van der Waals surface area contributed by atoms with Crippen molar-refractivity contribution in [1.29, 1.82) is 0 Å². The molecule has 5 rings (SSSR count). The van der Waals surface area contributed by atoms with Crippen molar-refractivity contribution in [3.8, 4) is 0 Å². The number of nitrogens with zero attached hydrogens (tertiary/aromatic N) is 1. The number of urea groups is 1. The van der Waals surface area contributed by atoms with Crippen molar-refractivity contribution in [1.82, 2.24) is 10.2 Å². The van der Waals surface area contributed by atoms with Crippen LogP contribution in [0.2, 0.25) is 0 Å². The molecule has 0 bridgehead atoms. The molecule has 0 saturated heterocycles. The van der Waals surface area contributed by atoms with Gasteiger partial charge in [-0.3, -0.25) is 4.79 Å². The molecule has 0 aliphatic heterocycles. The van der Waals surface area contributed by atoms with Gasteiger partial charge in [0.1, 0.15) is 5.82 Å². The van der Waals surface area contributed by atoms with Gasteiger partial charge in [-0.05, 0) is 84.7 Å². The Morgan fingerprint density at radius 1 is 0.886 bits per heavy atom. The number of rotatable bonds is 10. The van der Waals surface area contributed by atoms with E-state index in [1.54, 1.807) is 37.3 Å². The van der Waals surface area contributed by atoms with Crippen LogP contribution in [0, 0.1) is 11.7 Å². The van der Waals surface area contributed by atoms with E-state index >= 15 is 0 Å². The summed E-state index contributed by atoms with van der Waals surface area (Å²) in [7, 11) is 0. The highest BCUT2D eigenvalue weighted by molar-refractivity contribution is 5.95. The Bertz CT molecular complexity index is 1590. The van der Waals surface area contributed by atoms with Crippen LogP contribution >= 0.6 is 0 Å². The van der Waals surface area contributed by atoms with Gasteiger partial charge in [-0.1, -0.05) is 72.8 Å². The molecule has 2 atom stereocenters. The highest BCUT2D eigenvalue weighted by Crippen LogP contribution is 2.41. The van der Waals surface area contributed by atoms with E-state index in [2.05, 4.69) is 22.8 Å². The van der Waals surface area contributed by atoms with Gasteiger partial charge < -0.3 is 20.3 Å². The molecule has 4 aromatic rings. The average Bonchev–Trinajstić information content (AvgIpc) is 3.04. The zero-order valence-corrected chi connectivity index (χ0v) is 24.7. The van der Waals surface area contributed by atoms with Crippen LogP contribution in [0.1, 0.15) is 52.0 Å². The third-order valence-electron chi connectivity index (χ3n) is 7.90. The topological polar surface area (TPSA) is 87.7 Å². The van der Waals surface area contributed by atoms with Gasteiger partial charge in [0.05, 0.1) is 24.8 Å². The Labute approximate surface area is 257 Å². The molecule has 0 aromatic heterocycles. The second-order valence-electron chi connectivity index (χ2n) is 10.9. The van der Waals surface area contributed by atoms with Gasteiger partial charge in [-0.15, -0.1) is 0 Å². The summed E-state index contributed by atoms with van der Waals surface area (Å²) in [6.07, 6.45) is 2.43. The van der Waals surface area contributed by atoms with E-state index in [4.69, 9.17) is 4.74 Å². The van der Waals surface area contributed by atoms with Gasteiger partial charge in [0, 0.05) is 12.2 Å². The number of fused-ring (bicyclic) bond motifs is 1. The molecule has 0 radical (unpaired) electrons. The first-order valence-corrected chi connectivity index (χ1v) is 14.9. The van der Waals surface area contributed by atoms with Crippen LogP contribution in [0.4, 0.5) is 14.9 Å². The van der Waals surface area contributed by atoms with Crippen molar-refractivity contribution in [2.45, 2.75) is 38.8 Å². The summed E-state index contributed by atoms with van der Waals surface area (Å²) in [5.41, 5.74) is 5.00. The maximum absolute atomic E-state index is 14.0. The van der Waals surface area contributed by atoms with E-state index in [-0.39, 0.29) is 36.8 Å². The van der Waals surface area contributed by atoms with Crippen molar-refractivity contribution in [2.24, 2.45) is 5.92 Å². The Balaban J connectivity index is 1.37. The number of nitrogens with one attached hydrogen (secondary N) is 2. The zero-order valence-electron chi connectivity index (χ0n) is 24.7. The molecule has 1 aliphatic rings. The number of benzene rings is 4. The summed E-state index contributed by atoms with van der Waals surface area (Å²) in [6.45, 7) is 2.11. The standard InChI is InChI=1S/C36H36FN3O4/c1-2-44-35(42)29-12-8-13-31(22-29)39-36(43)38-23-33(41)40(24-26-9-4-3-5-10-26)34-28(21-25-15-19-30(37)20-16-25)18-17-27-11-6-7-14-32(27)34/h3-16,19-20,22,28,34H,2,17-18,21,23-24H2,1H3,(H2,38,39,43). The molecule has 7 nitrogen and oxygen atoms in total. The molecule has 0 fully saturated rings. The van der Waals surface area contributed by atoms with Crippen molar-refractivity contribution >= 4 is 23.6 Å². The lowest BCUT2D eigenvalue weighted by Crippen LogP contribution is -2.46. The molecule has 226 valence electrons. The minimum absolute atomic E-state index is 0.0856. The van der Waals surface area contributed by atoms with Gasteiger partial charge in [0.2, 0.25) is 5.91 Å². The quantitative estimate of drug-likeness (QED) is 0.200. The summed E-state index contributed by atoms with van der Waals surface area (Å²) < 4.78 is 18.7. The van der Waals surface area contributed by atoms with Gasteiger partial charge in [0.15, 0.2) is 0 Å². The van der Waals surface area contributed by atoms with E-state index in [9.17, 15) is 18.8 Å². The zero-order chi connectivity index (χ0) is 30.9. The summed E-state index contributed by atoms with van der Waals surface area (Å²) in [6, 6.07) is 30.2. The molecular weight excluding hydrogens is 557 g/mol. The van der Waals surface area contributed by atoms with Gasteiger partial charge in [-0.2, -0.15) is 0 Å². The number of halogens is 1. The number of carbonyl (C=O) groups excluding carboxylic acids is 3. The lowest BCUT2D eigenvalue weighted by Gasteiger charge is -2.42. The van der Waals surface area contributed by atoms with Gasteiger partial charge in [0.25, 0.3) is 0 Å². The fraction of sp³-hybridized carbons (Fsp3) is 0.250. The number of anilines is 1. The van der Waals surface area contributed by atoms with E-state index < -0.39 is 12.0 Å². The number of hydrogen-bond donors (Lipinski definition) is 2. The highest BCUT2D eigenvalue weighted by Gasteiger charge is 2.36. The SMILES string of the molecule is CCOC(=O)c1cccc(NC(=O)NCC(=O)N(Cc2ccccc2)C2c3ccccc3CCC2Cc2ccc(F)cc2)c1. The van der Waals surface area contributed by atoms with E-state index in [1.165, 1.54) is 23.8 Å². The third kappa shape index (κ3) is 7.69. The number of esters is 1. The predicted molar refractivity (Wildman–Crippen MR) is 168 cm³/mol. The lowest BCUT2D eigenvalue weighted by molar-refractivity contribution is -0.135. The molecule has 0 spiro atoms. The van der Waals surface area contributed by atoms with Crippen LogP contribution in [-0.4, -0.2) is 36.0 Å². The molecule has 2 unspecified atom stereocenters. The normalized spacial score (nSPS) is 15.5. The van der Waals surface area contributed by atoms with Crippen LogP contribution in [0.3, 0.4) is 0 Å². The first kappa shape index (κ1) is 30.5. The van der Waals surface area contributed by atoms with Crippen LogP contribution in [-0.2, 0) is 28.9 Å². The number of ether oxygens (including phenoxy) is 1. The smallest absolute Gasteiger partial charge is 0.338 e. The van der Waals surface area contributed by atoms with Crippen molar-refractivity contribution in [2.75, 3.05) is 18.5 Å². The molecule has 8 heteroatoms. The number of hydrogen-bond acceptors (Lipinski definition) is 4. The minimum Gasteiger partial charge on any atom is -0.462 e. The first-order chi connectivity index (χ1) is 21.4. The first-order valence-electron chi connectivity index (χ1n) is 14.9. The van der Waals surface area contributed by atoms with Gasteiger partial charge >= 0.3 is 12.0 Å². The van der Waals surface area contributed by atoms with E-state index in [0.717, 1.165) is 29.5 Å². The Hall–Kier alpha value is -4.98. The summed E-state index contributed by atoms with van der Waals surface area (Å²) in [5.74, 6) is -0.902. The molecule has 1 aliphatic carbocycles. The lowest BCUT2D eigenvalue weighted by atomic mass is 9.76. The van der Waals surface area contributed by atoms with Crippen molar-refractivity contribution < 1.29 is 23.5 Å². The van der Waals surface area contributed by atoms with Crippen molar-refractivity contribution in [3.05, 3.63) is 137 Å². The molecule has 2 N–H and O–H groups in total. The predicted octanol–water partition coefficient (Wildman–Crippen LogP) is 6.70. The Kier molecular flexibility index (Phi) is 10.0. The Morgan fingerprint density at radius 2 is 1.64 bits per heavy atom. The fourth-order valence-corrected chi connectivity index (χ4v) is 5.86. The second-order valence-corrected chi connectivity index (χ2v) is 10.9. The monoisotopic (exact) mass is 593 g/mol. The number of carbonyl (C=O) groups is 3. The number of amides is 3. The van der Waals surface area contributed by atoms with Crippen molar-refractivity contribution in [3.63, 3.8) is 0 Å². The molecule has 4 aromatic carbocycles. The van der Waals surface area contributed by atoms with E-state index in [0.29, 0.717) is 24.2 Å². The van der Waals surface area contributed by atoms with Gasteiger partial charge in [-0.25, -0.2) is 14.0 Å². The second kappa shape index (κ2) is 14.5. The maximum atomic E-state index is 14.0. The molecule has 3 amide bonds. The molecule has 0 saturated carbocycles. The average molecular weight is 594 g/mol. The third-order valence-corrected chi connectivity index (χ3v) is 7.90. The van der Waals surface area contributed by atoms with Crippen LogP contribution in [0.5, 0.6) is 0 Å². The molecule has 44 heavy (non-hydrogen) atoms. The summed E-state index contributed by atoms with van der Waals surface area (Å²) >= 11 is 0. The summed E-state index contributed by atoms with van der Waals surface area (Å²) in [4.78, 5) is 40.9. The maximum Gasteiger partial charge on any atom is 0.338 e. The highest BCUT2D eigenvalue weighted by atomic mass is 19.1. The minimum atomic E-state index is -0.564. The number of aryl methyl sites for hydroxylation is 1. The molecular formula is C36H36FN3O4. The summed E-state index contributed by atoms with van der Waals surface area (Å²) in [5, 5.41) is 5.41. The van der Waals surface area contributed by atoms with Crippen LogP contribution in [0.25, 0.3) is 0 Å². The fourth-order valence-electron chi connectivity index (χ4n) is 5.86. The van der Waals surface area contributed by atoms with Crippen LogP contribution < -0.4 is 10.6 Å².